The van der Waals surface area contributed by atoms with Crippen LogP contribution in [0.2, 0.25) is 0 Å². The van der Waals surface area contributed by atoms with Crippen LogP contribution in [0.5, 0.6) is 0 Å². The molecule has 1 aliphatic carbocycles. The molecule has 0 aromatic heterocycles. The highest BCUT2D eigenvalue weighted by Crippen LogP contribution is 2.27. The zero-order valence-corrected chi connectivity index (χ0v) is 15.6. The Balaban J connectivity index is 0.00000324. The SMILES string of the molecule is CN=C(NCCS(C)(=O)=O)NC1CCC(SC)C1.I. The minimum absolute atomic E-state index is 0. The summed E-state index contributed by atoms with van der Waals surface area (Å²) in [5.41, 5.74) is 0. The van der Waals surface area contributed by atoms with Crippen LogP contribution in [-0.4, -0.2) is 57.5 Å². The number of aliphatic imine (C=N–C) groups is 1. The molecule has 1 fully saturated rings. The molecular weight excluding hydrogens is 397 g/mol. The summed E-state index contributed by atoms with van der Waals surface area (Å²) < 4.78 is 22.0. The third kappa shape index (κ3) is 8.23. The van der Waals surface area contributed by atoms with E-state index in [1.807, 2.05) is 11.8 Å². The quantitative estimate of drug-likeness (QED) is 0.395. The summed E-state index contributed by atoms with van der Waals surface area (Å²) in [6.45, 7) is 0.400. The summed E-state index contributed by atoms with van der Waals surface area (Å²) in [5.74, 6) is 0.830. The maximum absolute atomic E-state index is 11.0. The molecule has 0 heterocycles. The molecule has 5 nitrogen and oxygen atoms in total. The first-order valence-electron chi connectivity index (χ1n) is 6.12. The lowest BCUT2D eigenvalue weighted by molar-refractivity contribution is 0.598. The lowest BCUT2D eigenvalue weighted by atomic mass is 10.2. The normalized spacial score (nSPS) is 23.8. The first-order chi connectivity index (χ1) is 8.44. The molecule has 0 radical (unpaired) electrons. The molecule has 19 heavy (non-hydrogen) atoms. The minimum atomic E-state index is -2.92. The van der Waals surface area contributed by atoms with E-state index in [1.54, 1.807) is 7.05 Å². The average molecular weight is 421 g/mol. The van der Waals surface area contributed by atoms with Gasteiger partial charge < -0.3 is 10.6 Å². The van der Waals surface area contributed by atoms with Gasteiger partial charge in [0.15, 0.2) is 5.96 Å². The van der Waals surface area contributed by atoms with Gasteiger partial charge >= 0.3 is 0 Å². The third-order valence-electron chi connectivity index (χ3n) is 3.05. The molecule has 2 atom stereocenters. The van der Waals surface area contributed by atoms with E-state index in [2.05, 4.69) is 21.9 Å². The second kappa shape index (κ2) is 9.28. The topological polar surface area (TPSA) is 70.6 Å². The first-order valence-corrected chi connectivity index (χ1v) is 9.47. The van der Waals surface area contributed by atoms with Gasteiger partial charge in [-0.2, -0.15) is 11.8 Å². The number of hydrogen-bond acceptors (Lipinski definition) is 4. The summed E-state index contributed by atoms with van der Waals surface area (Å²) in [6, 6.07) is 0.451. The molecule has 8 heteroatoms. The minimum Gasteiger partial charge on any atom is -0.355 e. The molecule has 2 unspecified atom stereocenters. The lowest BCUT2D eigenvalue weighted by Gasteiger charge is -2.17. The van der Waals surface area contributed by atoms with Crippen LogP contribution in [0.3, 0.4) is 0 Å². The van der Waals surface area contributed by atoms with Crippen LogP contribution in [-0.2, 0) is 9.84 Å². The number of rotatable bonds is 5. The number of nitrogens with zero attached hydrogens (tertiary/aromatic N) is 1. The largest absolute Gasteiger partial charge is 0.355 e. The van der Waals surface area contributed by atoms with Gasteiger partial charge in [-0.15, -0.1) is 24.0 Å². The van der Waals surface area contributed by atoms with Crippen LogP contribution in [0.25, 0.3) is 0 Å². The highest BCUT2D eigenvalue weighted by molar-refractivity contribution is 14.0. The molecule has 1 saturated carbocycles. The molecule has 0 bridgehead atoms. The van der Waals surface area contributed by atoms with Gasteiger partial charge in [-0.05, 0) is 25.5 Å². The van der Waals surface area contributed by atoms with Crippen molar-refractivity contribution in [3.8, 4) is 0 Å². The molecule has 0 aromatic carbocycles. The molecule has 0 amide bonds. The van der Waals surface area contributed by atoms with Crippen molar-refractivity contribution in [2.75, 3.05) is 31.9 Å². The number of sulfone groups is 1. The second-order valence-corrected chi connectivity index (χ2v) is 8.04. The number of thioether (sulfide) groups is 1. The van der Waals surface area contributed by atoms with Gasteiger partial charge in [-0.1, -0.05) is 0 Å². The predicted molar refractivity (Wildman–Crippen MR) is 94.6 cm³/mol. The van der Waals surface area contributed by atoms with Crippen LogP contribution >= 0.6 is 35.7 Å². The van der Waals surface area contributed by atoms with Crippen molar-refractivity contribution in [1.29, 1.82) is 0 Å². The van der Waals surface area contributed by atoms with E-state index in [1.165, 1.54) is 12.7 Å². The molecule has 0 aromatic rings. The Labute approximate surface area is 137 Å². The van der Waals surface area contributed by atoms with Gasteiger partial charge in [0.25, 0.3) is 0 Å². The second-order valence-electron chi connectivity index (χ2n) is 4.64. The summed E-state index contributed by atoms with van der Waals surface area (Å²) in [7, 11) is -1.21. The van der Waals surface area contributed by atoms with Gasteiger partial charge in [-0.3, -0.25) is 4.99 Å². The standard InChI is InChI=1S/C11H23N3O2S2.HI/c1-12-11(13-6-7-18(3,15)16)14-9-4-5-10(8-9)17-2;/h9-10H,4-8H2,1-3H3,(H2,12,13,14);1H. The Hall–Kier alpha value is 0.300. The summed E-state index contributed by atoms with van der Waals surface area (Å²) in [4.78, 5) is 4.11. The van der Waals surface area contributed by atoms with E-state index in [0.717, 1.165) is 18.1 Å². The number of hydrogen-bond donors (Lipinski definition) is 2. The fraction of sp³-hybridized carbons (Fsp3) is 0.909. The summed E-state index contributed by atoms with van der Waals surface area (Å²) in [5, 5.41) is 7.12. The molecular formula is C11H24IN3O2S2. The molecule has 0 saturated heterocycles. The van der Waals surface area contributed by atoms with Crippen LogP contribution < -0.4 is 10.6 Å². The van der Waals surface area contributed by atoms with Gasteiger partial charge in [0.05, 0.1) is 5.75 Å². The van der Waals surface area contributed by atoms with Crippen molar-refractivity contribution in [3.63, 3.8) is 0 Å². The molecule has 1 aliphatic rings. The van der Waals surface area contributed by atoms with Crippen molar-refractivity contribution in [1.82, 2.24) is 10.6 Å². The number of guanidine groups is 1. The Morgan fingerprint density at radius 3 is 2.58 bits per heavy atom. The van der Waals surface area contributed by atoms with Gasteiger partial charge in [-0.25, -0.2) is 8.42 Å². The lowest BCUT2D eigenvalue weighted by Crippen LogP contribution is -2.43. The van der Waals surface area contributed by atoms with Crippen LogP contribution in [0, 0.1) is 0 Å². The predicted octanol–water partition coefficient (Wildman–Crippen LogP) is 1.10. The van der Waals surface area contributed by atoms with E-state index < -0.39 is 9.84 Å². The van der Waals surface area contributed by atoms with Crippen molar-refractivity contribution in [2.45, 2.75) is 30.6 Å². The average Bonchev–Trinajstić information content (AvgIpc) is 2.74. The van der Waals surface area contributed by atoms with E-state index in [9.17, 15) is 8.42 Å². The zero-order valence-electron chi connectivity index (χ0n) is 11.7. The van der Waals surface area contributed by atoms with Crippen molar-refractivity contribution in [3.05, 3.63) is 0 Å². The maximum atomic E-state index is 11.0. The maximum Gasteiger partial charge on any atom is 0.191 e. The highest BCUT2D eigenvalue weighted by atomic mass is 127. The van der Waals surface area contributed by atoms with Crippen molar-refractivity contribution in [2.24, 2.45) is 4.99 Å². The molecule has 2 N–H and O–H groups in total. The smallest absolute Gasteiger partial charge is 0.191 e. The molecule has 114 valence electrons. The summed E-state index contributed by atoms with van der Waals surface area (Å²) >= 11 is 1.91. The Morgan fingerprint density at radius 2 is 2.11 bits per heavy atom. The highest BCUT2D eigenvalue weighted by Gasteiger charge is 2.24. The molecule has 0 aliphatic heterocycles. The Bertz CT molecular complexity index is 387. The van der Waals surface area contributed by atoms with Crippen LogP contribution in [0.1, 0.15) is 19.3 Å². The first kappa shape index (κ1) is 19.3. The van der Waals surface area contributed by atoms with Crippen LogP contribution in [0.15, 0.2) is 4.99 Å². The van der Waals surface area contributed by atoms with Crippen LogP contribution in [0.4, 0.5) is 0 Å². The van der Waals surface area contributed by atoms with Gasteiger partial charge in [0.2, 0.25) is 0 Å². The van der Waals surface area contributed by atoms with Crippen molar-refractivity contribution >= 4 is 51.5 Å². The van der Waals surface area contributed by atoms with Crippen molar-refractivity contribution < 1.29 is 8.42 Å². The third-order valence-corrected chi connectivity index (χ3v) is 5.09. The summed E-state index contributed by atoms with van der Waals surface area (Å²) in [6.07, 6.45) is 6.92. The number of nitrogens with one attached hydrogen (secondary N) is 2. The van der Waals surface area contributed by atoms with Gasteiger partial charge in [0, 0.05) is 31.1 Å². The molecule has 0 spiro atoms. The fourth-order valence-corrected chi connectivity index (χ4v) is 3.30. The fourth-order valence-electron chi connectivity index (χ4n) is 2.03. The van der Waals surface area contributed by atoms with E-state index >= 15 is 0 Å². The molecule has 1 rings (SSSR count). The Kier molecular flexibility index (Phi) is 9.42. The van der Waals surface area contributed by atoms with E-state index in [-0.39, 0.29) is 29.7 Å². The van der Waals surface area contributed by atoms with Gasteiger partial charge in [0.1, 0.15) is 9.84 Å². The van der Waals surface area contributed by atoms with E-state index in [0.29, 0.717) is 18.5 Å². The number of halogens is 1. The monoisotopic (exact) mass is 421 g/mol. The Morgan fingerprint density at radius 1 is 1.42 bits per heavy atom. The van der Waals surface area contributed by atoms with E-state index in [4.69, 9.17) is 0 Å². The zero-order chi connectivity index (χ0) is 13.6.